The zero-order valence-electron chi connectivity index (χ0n) is 11.8. The summed E-state index contributed by atoms with van der Waals surface area (Å²) in [6, 6.07) is 4.43. The van der Waals surface area contributed by atoms with Crippen LogP contribution >= 0.6 is 0 Å². The van der Waals surface area contributed by atoms with Gasteiger partial charge in [0.1, 0.15) is 5.82 Å². The van der Waals surface area contributed by atoms with Crippen LogP contribution in [-0.4, -0.2) is 31.1 Å². The van der Waals surface area contributed by atoms with Crippen LogP contribution in [0.25, 0.3) is 5.65 Å². The molecule has 0 bridgehead atoms. The second-order valence-electron chi connectivity index (χ2n) is 5.33. The first-order valence-corrected chi connectivity index (χ1v) is 7.17. The second-order valence-corrected chi connectivity index (χ2v) is 5.33. The van der Waals surface area contributed by atoms with Crippen molar-refractivity contribution in [3.63, 3.8) is 0 Å². The Morgan fingerprint density at radius 2 is 2.19 bits per heavy atom. The highest BCUT2D eigenvalue weighted by Gasteiger charge is 2.29. The molecule has 0 aliphatic carbocycles. The van der Waals surface area contributed by atoms with Crippen molar-refractivity contribution in [2.45, 2.75) is 25.8 Å². The number of aromatic nitrogens is 5. The maximum atomic E-state index is 4.56. The first kappa shape index (κ1) is 12.3. The Bertz CT molecular complexity index is 766. The van der Waals surface area contributed by atoms with E-state index < -0.39 is 0 Å². The summed E-state index contributed by atoms with van der Waals surface area (Å²) in [5.41, 5.74) is 2.06. The molecule has 6 nitrogen and oxygen atoms in total. The van der Waals surface area contributed by atoms with Crippen molar-refractivity contribution >= 4 is 11.5 Å². The van der Waals surface area contributed by atoms with Crippen LogP contribution in [0.2, 0.25) is 0 Å². The van der Waals surface area contributed by atoms with Gasteiger partial charge in [0.15, 0.2) is 5.82 Å². The molecular weight excluding hydrogens is 264 g/mol. The lowest BCUT2D eigenvalue weighted by Gasteiger charge is -2.25. The van der Waals surface area contributed by atoms with Crippen LogP contribution in [0.15, 0.2) is 36.9 Å². The number of fused-ring (bicyclic) bond motifs is 1. The molecule has 4 rings (SSSR count). The Morgan fingerprint density at radius 3 is 3.05 bits per heavy atom. The fraction of sp³-hybridized carbons (Fsp3) is 0.333. The zero-order valence-corrected chi connectivity index (χ0v) is 11.8. The molecule has 3 aromatic rings. The summed E-state index contributed by atoms with van der Waals surface area (Å²) in [6.45, 7) is 2.94. The summed E-state index contributed by atoms with van der Waals surface area (Å²) >= 11 is 0. The van der Waals surface area contributed by atoms with Crippen molar-refractivity contribution in [1.29, 1.82) is 0 Å². The molecule has 1 aliphatic heterocycles. The Kier molecular flexibility index (Phi) is 2.80. The molecule has 1 unspecified atom stereocenters. The zero-order chi connectivity index (χ0) is 14.2. The Morgan fingerprint density at radius 1 is 1.24 bits per heavy atom. The minimum absolute atomic E-state index is 0.314. The van der Waals surface area contributed by atoms with E-state index in [-0.39, 0.29) is 0 Å². The monoisotopic (exact) mass is 280 g/mol. The first-order valence-electron chi connectivity index (χ1n) is 7.17. The highest BCUT2D eigenvalue weighted by molar-refractivity contribution is 5.65. The van der Waals surface area contributed by atoms with Gasteiger partial charge in [-0.3, -0.25) is 9.38 Å². The molecule has 0 saturated carbocycles. The quantitative estimate of drug-likeness (QED) is 0.720. The van der Waals surface area contributed by atoms with Crippen molar-refractivity contribution in [2.24, 2.45) is 0 Å². The lowest BCUT2D eigenvalue weighted by atomic mass is 10.1. The maximum Gasteiger partial charge on any atom is 0.203 e. The van der Waals surface area contributed by atoms with E-state index in [0.29, 0.717) is 6.04 Å². The molecule has 0 spiro atoms. The average Bonchev–Trinajstić information content (AvgIpc) is 3.15. The predicted octanol–water partition coefficient (Wildman–Crippen LogP) is 2.17. The molecular formula is C15H16N6. The molecule has 1 atom stereocenters. The molecule has 0 aromatic carbocycles. The lowest BCUT2D eigenvalue weighted by molar-refractivity contribution is 0.707. The number of nitrogens with zero attached hydrogens (tertiary/aromatic N) is 6. The summed E-state index contributed by atoms with van der Waals surface area (Å²) in [6.07, 6.45) is 9.74. The van der Waals surface area contributed by atoms with Crippen molar-refractivity contribution in [3.05, 3.63) is 48.3 Å². The molecule has 4 heterocycles. The van der Waals surface area contributed by atoms with Crippen LogP contribution in [0.4, 0.5) is 5.82 Å². The van der Waals surface area contributed by atoms with Crippen LogP contribution in [0.3, 0.4) is 0 Å². The highest BCUT2D eigenvalue weighted by atomic mass is 15.3. The summed E-state index contributed by atoms with van der Waals surface area (Å²) in [5, 5.41) is 8.44. The largest absolute Gasteiger partial charge is 0.346 e. The molecule has 21 heavy (non-hydrogen) atoms. The van der Waals surface area contributed by atoms with E-state index >= 15 is 0 Å². The molecule has 0 radical (unpaired) electrons. The average molecular weight is 280 g/mol. The van der Waals surface area contributed by atoms with E-state index in [1.807, 2.05) is 42.2 Å². The van der Waals surface area contributed by atoms with Gasteiger partial charge in [-0.2, -0.15) is 0 Å². The number of aryl methyl sites for hydroxylation is 1. The van der Waals surface area contributed by atoms with Crippen molar-refractivity contribution in [1.82, 2.24) is 24.6 Å². The van der Waals surface area contributed by atoms with Crippen LogP contribution in [0.1, 0.15) is 30.3 Å². The smallest absolute Gasteiger partial charge is 0.203 e. The Balaban J connectivity index is 1.80. The first-order chi connectivity index (χ1) is 10.3. The van der Waals surface area contributed by atoms with Gasteiger partial charge in [0.05, 0.1) is 6.04 Å². The van der Waals surface area contributed by atoms with Gasteiger partial charge >= 0.3 is 0 Å². The summed E-state index contributed by atoms with van der Waals surface area (Å²) in [4.78, 5) is 11.1. The van der Waals surface area contributed by atoms with Crippen molar-refractivity contribution < 1.29 is 0 Å². The van der Waals surface area contributed by atoms with Gasteiger partial charge in [-0.25, -0.2) is 4.98 Å². The highest BCUT2D eigenvalue weighted by Crippen LogP contribution is 2.36. The normalized spacial score (nSPS) is 18.5. The van der Waals surface area contributed by atoms with Gasteiger partial charge < -0.3 is 4.90 Å². The molecule has 1 fully saturated rings. The molecule has 0 N–H and O–H groups in total. The van der Waals surface area contributed by atoms with E-state index in [4.69, 9.17) is 0 Å². The minimum Gasteiger partial charge on any atom is -0.346 e. The number of pyridine rings is 1. The van der Waals surface area contributed by atoms with Crippen molar-refractivity contribution in [2.75, 3.05) is 11.4 Å². The Hall–Kier alpha value is -2.50. The predicted molar refractivity (Wildman–Crippen MR) is 79.1 cm³/mol. The third-order valence-corrected chi connectivity index (χ3v) is 4.07. The van der Waals surface area contributed by atoms with Gasteiger partial charge in [0.25, 0.3) is 0 Å². The van der Waals surface area contributed by atoms with Crippen LogP contribution in [0, 0.1) is 6.92 Å². The summed E-state index contributed by atoms with van der Waals surface area (Å²) in [5.74, 6) is 1.79. The fourth-order valence-electron chi connectivity index (χ4n) is 3.07. The fourth-order valence-corrected chi connectivity index (χ4v) is 3.07. The number of hydrogen-bond donors (Lipinski definition) is 0. The topological polar surface area (TPSA) is 59.2 Å². The molecule has 1 saturated heterocycles. The second kappa shape index (κ2) is 4.80. The number of rotatable bonds is 2. The van der Waals surface area contributed by atoms with Gasteiger partial charge in [-0.15, -0.1) is 10.2 Å². The lowest BCUT2D eigenvalue weighted by Crippen LogP contribution is -2.24. The van der Waals surface area contributed by atoms with E-state index in [1.54, 1.807) is 0 Å². The van der Waals surface area contributed by atoms with Gasteiger partial charge in [-0.1, -0.05) is 6.07 Å². The third kappa shape index (κ3) is 1.94. The van der Waals surface area contributed by atoms with Gasteiger partial charge in [0, 0.05) is 31.3 Å². The molecule has 3 aromatic heterocycles. The van der Waals surface area contributed by atoms with E-state index in [0.717, 1.165) is 36.7 Å². The number of anilines is 1. The van der Waals surface area contributed by atoms with E-state index in [9.17, 15) is 0 Å². The maximum absolute atomic E-state index is 4.56. The molecule has 1 aliphatic rings. The van der Waals surface area contributed by atoms with E-state index in [2.05, 4.69) is 31.1 Å². The summed E-state index contributed by atoms with van der Waals surface area (Å²) in [7, 11) is 0. The van der Waals surface area contributed by atoms with Gasteiger partial charge in [-0.05, 0) is 31.4 Å². The molecule has 106 valence electrons. The van der Waals surface area contributed by atoms with Crippen LogP contribution < -0.4 is 4.90 Å². The van der Waals surface area contributed by atoms with Crippen molar-refractivity contribution in [3.8, 4) is 0 Å². The Labute approximate surface area is 122 Å². The summed E-state index contributed by atoms with van der Waals surface area (Å²) < 4.78 is 1.99. The SMILES string of the molecule is Cc1nnc2c(N3CCCC3c3cccnc3)nccn12. The number of hydrogen-bond acceptors (Lipinski definition) is 5. The van der Waals surface area contributed by atoms with Crippen LogP contribution in [-0.2, 0) is 0 Å². The standard InChI is InChI=1S/C15H16N6/c1-11-18-19-15-14(17-7-9-20(11)15)21-8-3-5-13(21)12-4-2-6-16-10-12/h2,4,6-7,9-10,13H,3,5,8H2,1H3. The minimum atomic E-state index is 0.314. The van der Waals surface area contributed by atoms with E-state index in [1.165, 1.54) is 5.56 Å². The molecule has 6 heteroatoms. The molecule has 0 amide bonds. The van der Waals surface area contributed by atoms with Crippen LogP contribution in [0.5, 0.6) is 0 Å². The van der Waals surface area contributed by atoms with Gasteiger partial charge in [0.2, 0.25) is 5.65 Å². The third-order valence-electron chi connectivity index (χ3n) is 4.07.